The molecule has 0 fully saturated rings. The molecular weight excluding hydrogens is 371 g/mol. The smallest absolute Gasteiger partial charge is 0.292 e. The second-order valence-corrected chi connectivity index (χ2v) is 7.79. The zero-order valence-electron chi connectivity index (χ0n) is 14.8. The summed E-state index contributed by atoms with van der Waals surface area (Å²) in [7, 11) is 0. The number of aryl methyl sites for hydroxylation is 1. The lowest BCUT2D eigenvalue weighted by Crippen LogP contribution is -2.30. The molecule has 27 heavy (non-hydrogen) atoms. The molecule has 0 saturated heterocycles. The Balaban J connectivity index is 1.54. The lowest BCUT2D eigenvalue weighted by atomic mass is 10.1. The van der Waals surface area contributed by atoms with E-state index in [1.807, 2.05) is 6.20 Å². The molecule has 3 nitrogen and oxygen atoms in total. The third kappa shape index (κ3) is 4.04. The van der Waals surface area contributed by atoms with Gasteiger partial charge in [-0.1, -0.05) is 12.1 Å². The van der Waals surface area contributed by atoms with Crippen LogP contribution in [0.25, 0.3) is 11.4 Å². The van der Waals surface area contributed by atoms with Crippen molar-refractivity contribution < 1.29 is 13.2 Å². The number of hydrogen-bond donors (Lipinski definition) is 0. The van der Waals surface area contributed by atoms with Gasteiger partial charge < -0.3 is 0 Å². The van der Waals surface area contributed by atoms with Crippen LogP contribution in [0.2, 0.25) is 0 Å². The minimum Gasteiger partial charge on any atom is -0.292 e. The molecule has 140 valence electrons. The van der Waals surface area contributed by atoms with Crippen molar-refractivity contribution in [2.75, 3.05) is 6.54 Å². The Bertz CT molecular complexity index is 948. The zero-order valence-corrected chi connectivity index (χ0v) is 15.6. The molecule has 0 spiro atoms. The SMILES string of the molecule is Cc1csc(CN2CCc3cnc(-c4ccc(C(F)(F)F)cc4)nc3C2)c1. The Hall–Kier alpha value is -2.25. The van der Waals surface area contributed by atoms with Crippen molar-refractivity contribution in [2.24, 2.45) is 0 Å². The lowest BCUT2D eigenvalue weighted by molar-refractivity contribution is -0.137. The summed E-state index contributed by atoms with van der Waals surface area (Å²) in [6.45, 7) is 4.65. The predicted octanol–water partition coefficient (Wildman–Crippen LogP) is 5.09. The average molecular weight is 389 g/mol. The van der Waals surface area contributed by atoms with Gasteiger partial charge in [0.1, 0.15) is 0 Å². The molecule has 3 aromatic rings. The number of hydrogen-bond acceptors (Lipinski definition) is 4. The number of nitrogens with zero attached hydrogens (tertiary/aromatic N) is 3. The molecule has 0 unspecified atom stereocenters. The first kappa shape index (κ1) is 18.1. The van der Waals surface area contributed by atoms with Gasteiger partial charge in [-0.15, -0.1) is 11.3 Å². The highest BCUT2D eigenvalue weighted by Crippen LogP contribution is 2.30. The van der Waals surface area contributed by atoms with Gasteiger partial charge in [-0.3, -0.25) is 4.90 Å². The monoisotopic (exact) mass is 389 g/mol. The first-order chi connectivity index (χ1) is 12.9. The topological polar surface area (TPSA) is 29.0 Å². The summed E-state index contributed by atoms with van der Waals surface area (Å²) in [4.78, 5) is 12.7. The van der Waals surface area contributed by atoms with E-state index in [0.29, 0.717) is 11.4 Å². The Kier molecular flexibility index (Phi) is 4.74. The molecule has 0 bridgehead atoms. The molecule has 0 saturated carbocycles. The van der Waals surface area contributed by atoms with Crippen LogP contribution in [-0.4, -0.2) is 21.4 Å². The van der Waals surface area contributed by atoms with E-state index < -0.39 is 11.7 Å². The van der Waals surface area contributed by atoms with E-state index in [9.17, 15) is 13.2 Å². The third-order valence-corrected chi connectivity index (χ3v) is 5.70. The number of fused-ring (bicyclic) bond motifs is 1. The highest BCUT2D eigenvalue weighted by molar-refractivity contribution is 7.10. The van der Waals surface area contributed by atoms with Crippen LogP contribution in [-0.2, 0) is 25.7 Å². The van der Waals surface area contributed by atoms with E-state index in [0.717, 1.165) is 49.4 Å². The molecule has 0 amide bonds. The predicted molar refractivity (Wildman–Crippen MR) is 99.3 cm³/mol. The highest BCUT2D eigenvalue weighted by atomic mass is 32.1. The van der Waals surface area contributed by atoms with Crippen molar-refractivity contribution in [3.8, 4) is 11.4 Å². The van der Waals surface area contributed by atoms with Gasteiger partial charge >= 0.3 is 6.18 Å². The molecule has 1 aliphatic rings. The maximum Gasteiger partial charge on any atom is 0.416 e. The fraction of sp³-hybridized carbons (Fsp3) is 0.300. The Morgan fingerprint density at radius 1 is 1.19 bits per heavy atom. The Labute approximate surface area is 159 Å². The van der Waals surface area contributed by atoms with Gasteiger partial charge in [-0.25, -0.2) is 9.97 Å². The molecule has 2 aromatic heterocycles. The number of alkyl halides is 3. The average Bonchev–Trinajstić information content (AvgIpc) is 3.05. The standard InChI is InChI=1S/C20H18F3N3S/c1-13-8-17(27-12-13)10-26-7-6-15-9-24-19(25-18(15)11-26)14-2-4-16(5-3-14)20(21,22)23/h2-5,8-9,12H,6-7,10-11H2,1H3. The normalized spacial score (nSPS) is 15.0. The van der Waals surface area contributed by atoms with E-state index >= 15 is 0 Å². The Morgan fingerprint density at radius 3 is 2.63 bits per heavy atom. The largest absolute Gasteiger partial charge is 0.416 e. The van der Waals surface area contributed by atoms with Gasteiger partial charge in [-0.05, 0) is 48.1 Å². The molecule has 0 radical (unpaired) electrons. The van der Waals surface area contributed by atoms with Crippen LogP contribution in [0.1, 0.15) is 27.3 Å². The number of benzene rings is 1. The quantitative estimate of drug-likeness (QED) is 0.625. The molecule has 0 N–H and O–H groups in total. The molecular formula is C20H18F3N3S. The van der Waals surface area contributed by atoms with Gasteiger partial charge in [-0.2, -0.15) is 13.2 Å². The number of rotatable bonds is 3. The van der Waals surface area contributed by atoms with Crippen LogP contribution in [0.3, 0.4) is 0 Å². The van der Waals surface area contributed by atoms with Crippen molar-refractivity contribution in [1.82, 2.24) is 14.9 Å². The molecule has 4 rings (SSSR count). The number of halogens is 3. The second kappa shape index (κ2) is 7.05. The Morgan fingerprint density at radius 2 is 1.96 bits per heavy atom. The first-order valence-corrected chi connectivity index (χ1v) is 9.55. The van der Waals surface area contributed by atoms with Crippen molar-refractivity contribution in [3.05, 3.63) is 69.2 Å². The van der Waals surface area contributed by atoms with Crippen molar-refractivity contribution in [3.63, 3.8) is 0 Å². The summed E-state index contributed by atoms with van der Waals surface area (Å²) in [5, 5.41) is 2.15. The maximum absolute atomic E-state index is 12.7. The molecule has 3 heterocycles. The fourth-order valence-electron chi connectivity index (χ4n) is 3.23. The highest BCUT2D eigenvalue weighted by Gasteiger charge is 2.30. The van der Waals surface area contributed by atoms with Crippen LogP contribution < -0.4 is 0 Å². The maximum atomic E-state index is 12.7. The van der Waals surface area contributed by atoms with Gasteiger partial charge in [0.05, 0.1) is 11.3 Å². The lowest BCUT2D eigenvalue weighted by Gasteiger charge is -2.27. The summed E-state index contributed by atoms with van der Waals surface area (Å²) >= 11 is 1.76. The van der Waals surface area contributed by atoms with Crippen LogP contribution in [0, 0.1) is 6.92 Å². The summed E-state index contributed by atoms with van der Waals surface area (Å²) < 4.78 is 38.2. The first-order valence-electron chi connectivity index (χ1n) is 8.67. The van der Waals surface area contributed by atoms with E-state index in [2.05, 4.69) is 33.2 Å². The van der Waals surface area contributed by atoms with E-state index in [-0.39, 0.29) is 0 Å². The van der Waals surface area contributed by atoms with Crippen LogP contribution in [0.4, 0.5) is 13.2 Å². The number of aromatic nitrogens is 2. The molecule has 0 aliphatic carbocycles. The van der Waals surface area contributed by atoms with Gasteiger partial charge in [0, 0.05) is 36.3 Å². The molecule has 0 atom stereocenters. The van der Waals surface area contributed by atoms with Crippen molar-refractivity contribution in [2.45, 2.75) is 32.6 Å². The van der Waals surface area contributed by atoms with E-state index in [1.165, 1.54) is 22.6 Å². The summed E-state index contributed by atoms with van der Waals surface area (Å²) in [6.07, 6.45) is -1.65. The van der Waals surface area contributed by atoms with Gasteiger partial charge in [0.2, 0.25) is 0 Å². The van der Waals surface area contributed by atoms with Crippen molar-refractivity contribution >= 4 is 11.3 Å². The number of thiophene rings is 1. The van der Waals surface area contributed by atoms with Crippen LogP contribution in [0.15, 0.2) is 41.9 Å². The van der Waals surface area contributed by atoms with Gasteiger partial charge in [0.15, 0.2) is 5.82 Å². The van der Waals surface area contributed by atoms with Crippen LogP contribution >= 0.6 is 11.3 Å². The van der Waals surface area contributed by atoms with E-state index in [1.54, 1.807) is 11.3 Å². The minimum absolute atomic E-state index is 0.469. The minimum atomic E-state index is -4.34. The second-order valence-electron chi connectivity index (χ2n) is 6.79. The third-order valence-electron chi connectivity index (χ3n) is 4.66. The zero-order chi connectivity index (χ0) is 19.0. The van der Waals surface area contributed by atoms with Crippen LogP contribution in [0.5, 0.6) is 0 Å². The van der Waals surface area contributed by atoms with Gasteiger partial charge in [0.25, 0.3) is 0 Å². The van der Waals surface area contributed by atoms with E-state index in [4.69, 9.17) is 0 Å². The molecule has 1 aliphatic heterocycles. The summed E-state index contributed by atoms with van der Waals surface area (Å²) in [6, 6.07) is 7.21. The molecule has 1 aromatic carbocycles. The van der Waals surface area contributed by atoms with Crippen molar-refractivity contribution in [1.29, 1.82) is 0 Å². The summed E-state index contributed by atoms with van der Waals surface area (Å²) in [5.74, 6) is 0.469. The molecule has 7 heteroatoms. The summed E-state index contributed by atoms with van der Waals surface area (Å²) in [5.41, 5.74) is 3.28. The fourth-order valence-corrected chi connectivity index (χ4v) is 4.15.